The van der Waals surface area contributed by atoms with E-state index >= 15 is 0 Å². The van der Waals surface area contributed by atoms with Crippen molar-refractivity contribution in [3.8, 4) is 11.3 Å². The molecular weight excluding hydrogens is 384 g/mol. The first-order valence-electron chi connectivity index (χ1n) is 10.3. The Balaban J connectivity index is 1.63. The summed E-state index contributed by atoms with van der Waals surface area (Å²) in [4.78, 5) is 30.4. The summed E-state index contributed by atoms with van der Waals surface area (Å²) in [5, 5.41) is 0. The van der Waals surface area contributed by atoms with Crippen LogP contribution in [0.4, 0.5) is 10.6 Å². The van der Waals surface area contributed by atoms with Gasteiger partial charge in [0.15, 0.2) is 11.5 Å². The van der Waals surface area contributed by atoms with E-state index in [1.807, 2.05) is 31.5 Å². The van der Waals surface area contributed by atoms with E-state index in [2.05, 4.69) is 14.3 Å². The van der Waals surface area contributed by atoms with Crippen molar-refractivity contribution in [3.05, 3.63) is 42.1 Å². The van der Waals surface area contributed by atoms with Gasteiger partial charge in [-0.3, -0.25) is 9.38 Å². The fraction of sp³-hybridized carbons (Fsp3) is 0.429. The van der Waals surface area contributed by atoms with Gasteiger partial charge in [0.05, 0.1) is 43.4 Å². The monoisotopic (exact) mass is 408 g/mol. The molecule has 156 valence electrons. The van der Waals surface area contributed by atoms with Crippen LogP contribution in [0.1, 0.15) is 18.3 Å². The minimum atomic E-state index is -0.284. The van der Waals surface area contributed by atoms with E-state index in [4.69, 9.17) is 19.4 Å². The van der Waals surface area contributed by atoms with Crippen LogP contribution in [0, 0.1) is 0 Å². The van der Waals surface area contributed by atoms with E-state index in [0.29, 0.717) is 39.3 Å². The van der Waals surface area contributed by atoms with E-state index in [0.717, 1.165) is 47.2 Å². The Labute approximate surface area is 174 Å². The lowest BCUT2D eigenvalue weighted by atomic mass is 10.1. The van der Waals surface area contributed by atoms with Crippen molar-refractivity contribution in [2.75, 3.05) is 44.4 Å². The molecule has 0 radical (unpaired) electrons. The van der Waals surface area contributed by atoms with Crippen molar-refractivity contribution in [2.24, 2.45) is 0 Å². The summed E-state index contributed by atoms with van der Waals surface area (Å²) in [5.74, 6) is 0.844. The Hall–Kier alpha value is -3.20. The van der Waals surface area contributed by atoms with Gasteiger partial charge in [-0.1, -0.05) is 0 Å². The number of pyridine rings is 1. The maximum absolute atomic E-state index is 12.3. The molecule has 2 aliphatic heterocycles. The van der Waals surface area contributed by atoms with E-state index in [1.165, 1.54) is 0 Å². The van der Waals surface area contributed by atoms with Gasteiger partial charge in [0, 0.05) is 50.2 Å². The van der Waals surface area contributed by atoms with Crippen LogP contribution in [0.5, 0.6) is 0 Å². The van der Waals surface area contributed by atoms with Crippen molar-refractivity contribution in [3.63, 3.8) is 0 Å². The SMILES string of the molecule is CCOC(=O)N1CCc2nc3c(N4CCOCC4)nc(-c4cccnc4)cn3c2C1. The number of rotatable bonds is 3. The van der Waals surface area contributed by atoms with Gasteiger partial charge < -0.3 is 19.3 Å². The topological polar surface area (TPSA) is 85.1 Å². The van der Waals surface area contributed by atoms with Gasteiger partial charge >= 0.3 is 6.09 Å². The Morgan fingerprint density at radius 2 is 2.10 bits per heavy atom. The van der Waals surface area contributed by atoms with E-state index in [-0.39, 0.29) is 6.09 Å². The zero-order chi connectivity index (χ0) is 20.5. The highest BCUT2D eigenvalue weighted by Crippen LogP contribution is 2.29. The van der Waals surface area contributed by atoms with Crippen LogP contribution in [-0.4, -0.2) is 69.8 Å². The molecule has 0 unspecified atom stereocenters. The van der Waals surface area contributed by atoms with Gasteiger partial charge in [0.1, 0.15) is 0 Å². The Bertz CT molecular complexity index is 1060. The number of hydrogen-bond donors (Lipinski definition) is 0. The number of carbonyl (C=O) groups excluding carboxylic acids is 1. The smallest absolute Gasteiger partial charge is 0.410 e. The van der Waals surface area contributed by atoms with Crippen molar-refractivity contribution >= 4 is 17.6 Å². The third kappa shape index (κ3) is 3.35. The summed E-state index contributed by atoms with van der Waals surface area (Å²) in [7, 11) is 0. The standard InChI is InChI=1S/C21H24N6O3/c1-2-30-21(28)26-7-5-16-18(14-26)27-13-17(15-4-3-6-22-12-15)24-19(20(27)23-16)25-8-10-29-11-9-25/h3-4,6,12-13H,2,5,7-11,14H2,1H3. The van der Waals surface area contributed by atoms with Gasteiger partial charge in [-0.25, -0.2) is 14.8 Å². The molecule has 5 rings (SSSR count). The summed E-state index contributed by atoms with van der Waals surface area (Å²) < 4.78 is 12.8. The molecule has 0 saturated carbocycles. The van der Waals surface area contributed by atoms with Gasteiger partial charge in [0.2, 0.25) is 0 Å². The fourth-order valence-electron chi connectivity index (χ4n) is 4.00. The second-order valence-corrected chi connectivity index (χ2v) is 7.36. The fourth-order valence-corrected chi connectivity index (χ4v) is 4.00. The normalized spacial score (nSPS) is 16.6. The van der Waals surface area contributed by atoms with Gasteiger partial charge in [-0.2, -0.15) is 0 Å². The van der Waals surface area contributed by atoms with Crippen molar-refractivity contribution in [2.45, 2.75) is 19.9 Å². The number of ether oxygens (including phenoxy) is 2. The highest BCUT2D eigenvalue weighted by atomic mass is 16.6. The Morgan fingerprint density at radius 1 is 1.23 bits per heavy atom. The number of anilines is 1. The highest BCUT2D eigenvalue weighted by Gasteiger charge is 2.28. The van der Waals surface area contributed by atoms with E-state index < -0.39 is 0 Å². The number of morpholine rings is 1. The zero-order valence-electron chi connectivity index (χ0n) is 17.0. The molecule has 2 aliphatic rings. The maximum atomic E-state index is 12.3. The number of nitrogens with zero attached hydrogens (tertiary/aromatic N) is 6. The lowest BCUT2D eigenvalue weighted by Crippen LogP contribution is -2.37. The molecular formula is C21H24N6O3. The van der Waals surface area contributed by atoms with E-state index in [1.54, 1.807) is 11.1 Å². The first kappa shape index (κ1) is 18.8. The molecule has 0 bridgehead atoms. The molecule has 3 aromatic heterocycles. The van der Waals surface area contributed by atoms with E-state index in [9.17, 15) is 4.79 Å². The average molecular weight is 408 g/mol. The maximum Gasteiger partial charge on any atom is 0.410 e. The van der Waals surface area contributed by atoms with Crippen LogP contribution in [0.25, 0.3) is 16.9 Å². The van der Waals surface area contributed by atoms with Crippen molar-refractivity contribution in [1.82, 2.24) is 24.3 Å². The van der Waals surface area contributed by atoms with Gasteiger partial charge in [-0.05, 0) is 19.1 Å². The van der Waals surface area contributed by atoms with Gasteiger partial charge in [0.25, 0.3) is 0 Å². The third-order valence-electron chi connectivity index (χ3n) is 5.52. The molecule has 0 atom stereocenters. The quantitative estimate of drug-likeness (QED) is 0.656. The zero-order valence-corrected chi connectivity index (χ0v) is 17.0. The van der Waals surface area contributed by atoms with Crippen LogP contribution in [-0.2, 0) is 22.4 Å². The highest BCUT2D eigenvalue weighted by molar-refractivity contribution is 5.72. The summed E-state index contributed by atoms with van der Waals surface area (Å²) in [6.07, 6.45) is 5.97. The summed E-state index contributed by atoms with van der Waals surface area (Å²) in [5.41, 5.74) is 4.60. The molecule has 0 N–H and O–H groups in total. The van der Waals surface area contributed by atoms with Gasteiger partial charge in [-0.15, -0.1) is 0 Å². The first-order valence-corrected chi connectivity index (χ1v) is 10.3. The Morgan fingerprint density at radius 3 is 2.87 bits per heavy atom. The summed E-state index contributed by atoms with van der Waals surface area (Å²) in [6, 6.07) is 3.90. The number of hydrogen-bond acceptors (Lipinski definition) is 7. The van der Waals surface area contributed by atoms with Crippen molar-refractivity contribution < 1.29 is 14.3 Å². The molecule has 0 aliphatic carbocycles. The molecule has 0 aromatic carbocycles. The van der Waals surface area contributed by atoms with Crippen LogP contribution < -0.4 is 4.90 Å². The Kier molecular flexibility index (Phi) is 4.96. The summed E-state index contributed by atoms with van der Waals surface area (Å²) in [6.45, 7) is 6.13. The average Bonchev–Trinajstić information content (AvgIpc) is 3.17. The van der Waals surface area contributed by atoms with Crippen LogP contribution in [0.2, 0.25) is 0 Å². The first-order chi connectivity index (χ1) is 14.7. The molecule has 1 saturated heterocycles. The number of carbonyl (C=O) groups is 1. The molecule has 9 heteroatoms. The van der Waals surface area contributed by atoms with Crippen molar-refractivity contribution in [1.29, 1.82) is 0 Å². The van der Waals surface area contributed by atoms with Crippen LogP contribution in [0.15, 0.2) is 30.7 Å². The molecule has 1 amide bonds. The summed E-state index contributed by atoms with van der Waals surface area (Å²) >= 11 is 0. The lowest BCUT2D eigenvalue weighted by Gasteiger charge is -2.28. The molecule has 5 heterocycles. The second-order valence-electron chi connectivity index (χ2n) is 7.36. The molecule has 9 nitrogen and oxygen atoms in total. The minimum absolute atomic E-state index is 0.284. The minimum Gasteiger partial charge on any atom is -0.450 e. The lowest BCUT2D eigenvalue weighted by molar-refractivity contribution is 0.102. The third-order valence-corrected chi connectivity index (χ3v) is 5.52. The number of fused-ring (bicyclic) bond motifs is 3. The van der Waals surface area contributed by atoms with Crippen LogP contribution in [0.3, 0.4) is 0 Å². The largest absolute Gasteiger partial charge is 0.450 e. The number of aromatic nitrogens is 4. The second kappa shape index (κ2) is 7.91. The molecule has 3 aromatic rings. The predicted octanol–water partition coefficient (Wildman–Crippen LogP) is 2.14. The molecule has 0 spiro atoms. The molecule has 30 heavy (non-hydrogen) atoms. The predicted molar refractivity (Wildman–Crippen MR) is 110 cm³/mol. The number of amides is 1. The van der Waals surface area contributed by atoms with Crippen LogP contribution >= 0.6 is 0 Å². The molecule has 1 fully saturated rings. The number of imidazole rings is 1.